The van der Waals surface area contributed by atoms with Crippen molar-refractivity contribution < 1.29 is 13.7 Å². The highest BCUT2D eigenvalue weighted by molar-refractivity contribution is 6.64. The zero-order chi connectivity index (χ0) is 23.6. The Labute approximate surface area is 196 Å². The summed E-state index contributed by atoms with van der Waals surface area (Å²) in [6, 6.07) is 20.9. The van der Waals surface area contributed by atoms with Crippen molar-refractivity contribution in [1.82, 2.24) is 0 Å². The molecule has 0 bridgehead atoms. The molecule has 1 aliphatic rings. The maximum absolute atomic E-state index is 6.44. The van der Waals surface area contributed by atoms with Gasteiger partial charge < -0.3 is 19.0 Å². The number of anilines is 2. The molecule has 1 saturated heterocycles. The van der Waals surface area contributed by atoms with Gasteiger partial charge >= 0.3 is 7.12 Å². The molecule has 0 amide bonds. The van der Waals surface area contributed by atoms with E-state index in [9.17, 15) is 0 Å². The molecule has 5 heteroatoms. The van der Waals surface area contributed by atoms with Crippen molar-refractivity contribution in [3.8, 4) is 0 Å². The fourth-order valence-corrected chi connectivity index (χ4v) is 4.27. The largest absolute Gasteiger partial charge is 0.497 e. The summed E-state index contributed by atoms with van der Waals surface area (Å²) in [4.78, 5) is 0. The van der Waals surface area contributed by atoms with Gasteiger partial charge in [0.25, 0.3) is 0 Å². The lowest BCUT2D eigenvalue weighted by Gasteiger charge is -2.32. The third-order valence-corrected chi connectivity index (χ3v) is 7.09. The Morgan fingerprint density at radius 2 is 1.39 bits per heavy atom. The predicted molar refractivity (Wildman–Crippen MR) is 138 cm³/mol. The monoisotopic (exact) mass is 441 g/mol. The second-order valence-electron chi connectivity index (χ2n) is 11.1. The van der Waals surface area contributed by atoms with Gasteiger partial charge in [-0.3, -0.25) is 0 Å². The maximum Gasteiger partial charge on any atom is 0.497 e. The normalized spacial score (nSPS) is 17.7. The van der Waals surface area contributed by atoms with Crippen LogP contribution in [0.2, 0.25) is 0 Å². The average molecular weight is 441 g/mol. The molecule has 1 aliphatic heterocycles. The summed E-state index contributed by atoms with van der Waals surface area (Å²) in [5.74, 6) is 0. The lowest BCUT2D eigenvalue weighted by Crippen LogP contribution is -2.41. The summed E-state index contributed by atoms with van der Waals surface area (Å²) < 4.78 is 19.0. The molecule has 1 N–H and O–H groups in total. The van der Waals surface area contributed by atoms with E-state index in [0.29, 0.717) is 0 Å². The topological polar surface area (TPSA) is 43.6 Å². The first-order valence-corrected chi connectivity index (χ1v) is 11.6. The molecule has 0 radical (unpaired) electrons. The highest BCUT2D eigenvalue weighted by Crippen LogP contribution is 2.38. The third kappa shape index (κ3) is 3.83. The van der Waals surface area contributed by atoms with E-state index in [2.05, 4.69) is 96.2 Å². The van der Waals surface area contributed by atoms with Crippen LogP contribution in [0.25, 0.3) is 21.9 Å². The summed E-state index contributed by atoms with van der Waals surface area (Å²) in [5, 5.41) is 5.75. The first-order valence-electron chi connectivity index (χ1n) is 11.6. The molecule has 0 aliphatic carbocycles. The number of para-hydroxylation sites is 1. The summed E-state index contributed by atoms with van der Waals surface area (Å²) in [6.07, 6.45) is 0. The van der Waals surface area contributed by atoms with Crippen LogP contribution in [-0.4, -0.2) is 18.3 Å². The summed E-state index contributed by atoms with van der Waals surface area (Å²) in [7, 11) is -0.482. The molecular formula is C28H32BNO3. The standard InChI is InChI=1S/C28H32BNO3/c1-26(2,3)18-12-14-19(15-13-18)30-23-17-25-21(20-10-8-9-11-24(20)31-25)16-22(23)29-32-27(4,5)28(6,7)33-29/h8-17,30H,1-7H3. The van der Waals surface area contributed by atoms with Gasteiger partial charge in [0.2, 0.25) is 0 Å². The second kappa shape index (κ2) is 7.38. The molecule has 4 aromatic rings. The van der Waals surface area contributed by atoms with Gasteiger partial charge in [-0.15, -0.1) is 0 Å². The zero-order valence-corrected chi connectivity index (χ0v) is 20.6. The minimum absolute atomic E-state index is 0.111. The van der Waals surface area contributed by atoms with E-state index in [1.807, 2.05) is 18.2 Å². The Bertz CT molecular complexity index is 1310. The van der Waals surface area contributed by atoms with Crippen LogP contribution in [0.3, 0.4) is 0 Å². The Balaban J connectivity index is 1.62. The number of hydrogen-bond acceptors (Lipinski definition) is 4. The number of nitrogens with one attached hydrogen (secondary N) is 1. The van der Waals surface area contributed by atoms with Crippen LogP contribution in [0.4, 0.5) is 11.4 Å². The number of furan rings is 1. The molecule has 2 heterocycles. The van der Waals surface area contributed by atoms with Crippen LogP contribution in [0.15, 0.2) is 65.1 Å². The van der Waals surface area contributed by atoms with Crippen molar-refractivity contribution in [1.29, 1.82) is 0 Å². The number of benzene rings is 3. The van der Waals surface area contributed by atoms with E-state index >= 15 is 0 Å². The van der Waals surface area contributed by atoms with Gasteiger partial charge in [0.1, 0.15) is 11.2 Å². The highest BCUT2D eigenvalue weighted by atomic mass is 16.7. The molecule has 0 atom stereocenters. The third-order valence-electron chi connectivity index (χ3n) is 7.09. The Kier molecular flexibility index (Phi) is 4.93. The number of fused-ring (bicyclic) bond motifs is 3. The molecule has 33 heavy (non-hydrogen) atoms. The van der Waals surface area contributed by atoms with Gasteiger partial charge in [-0.05, 0) is 62.9 Å². The lowest BCUT2D eigenvalue weighted by molar-refractivity contribution is 0.00578. The maximum atomic E-state index is 6.44. The molecular weight excluding hydrogens is 409 g/mol. The summed E-state index contributed by atoms with van der Waals surface area (Å²) >= 11 is 0. The average Bonchev–Trinajstić information content (AvgIpc) is 3.19. The van der Waals surface area contributed by atoms with Gasteiger partial charge in [0.15, 0.2) is 0 Å². The molecule has 0 spiro atoms. The Morgan fingerprint density at radius 1 is 0.758 bits per heavy atom. The van der Waals surface area contributed by atoms with Crippen molar-refractivity contribution in [2.24, 2.45) is 0 Å². The van der Waals surface area contributed by atoms with Crippen molar-refractivity contribution >= 4 is 45.9 Å². The molecule has 0 saturated carbocycles. The molecule has 5 rings (SSSR count). The number of rotatable bonds is 3. The van der Waals surface area contributed by atoms with Crippen LogP contribution in [0.1, 0.15) is 54.0 Å². The van der Waals surface area contributed by atoms with E-state index in [4.69, 9.17) is 13.7 Å². The molecule has 3 aromatic carbocycles. The van der Waals surface area contributed by atoms with Crippen LogP contribution < -0.4 is 10.8 Å². The van der Waals surface area contributed by atoms with Gasteiger partial charge in [0, 0.05) is 33.7 Å². The van der Waals surface area contributed by atoms with Crippen molar-refractivity contribution in [2.75, 3.05) is 5.32 Å². The van der Waals surface area contributed by atoms with Gasteiger partial charge in [0.05, 0.1) is 11.2 Å². The summed E-state index contributed by atoms with van der Waals surface area (Å²) in [5.41, 5.74) is 5.18. The van der Waals surface area contributed by atoms with E-state index in [1.165, 1.54) is 5.56 Å². The first-order chi connectivity index (χ1) is 15.4. The SMILES string of the molecule is CC(C)(C)c1ccc(Nc2cc3oc4ccccc4c3cc2B2OC(C)(C)C(C)(C)O2)cc1. The van der Waals surface area contributed by atoms with Crippen LogP contribution >= 0.6 is 0 Å². The van der Waals surface area contributed by atoms with Crippen molar-refractivity contribution in [3.05, 3.63) is 66.2 Å². The van der Waals surface area contributed by atoms with E-state index in [0.717, 1.165) is 38.8 Å². The first kappa shape index (κ1) is 22.1. The minimum atomic E-state index is -0.482. The molecule has 1 aromatic heterocycles. The Morgan fingerprint density at radius 3 is 2.03 bits per heavy atom. The quantitative estimate of drug-likeness (QED) is 0.350. The predicted octanol–water partition coefficient (Wildman–Crippen LogP) is 6.93. The molecule has 0 unspecified atom stereocenters. The second-order valence-corrected chi connectivity index (χ2v) is 11.1. The molecule has 170 valence electrons. The van der Waals surface area contributed by atoms with Gasteiger partial charge in [-0.1, -0.05) is 51.1 Å². The van der Waals surface area contributed by atoms with Crippen molar-refractivity contribution in [2.45, 2.75) is 65.1 Å². The van der Waals surface area contributed by atoms with Crippen LogP contribution in [0.5, 0.6) is 0 Å². The molecule has 4 nitrogen and oxygen atoms in total. The smallest absolute Gasteiger partial charge is 0.456 e. The fraction of sp³-hybridized carbons (Fsp3) is 0.357. The Hall–Kier alpha value is -2.76. The van der Waals surface area contributed by atoms with E-state index < -0.39 is 18.3 Å². The fourth-order valence-electron chi connectivity index (χ4n) is 4.27. The van der Waals surface area contributed by atoms with Crippen LogP contribution in [-0.2, 0) is 14.7 Å². The minimum Gasteiger partial charge on any atom is -0.456 e. The van der Waals surface area contributed by atoms with Crippen molar-refractivity contribution in [3.63, 3.8) is 0 Å². The van der Waals surface area contributed by atoms with Gasteiger partial charge in [-0.2, -0.15) is 0 Å². The highest BCUT2D eigenvalue weighted by Gasteiger charge is 2.52. The van der Waals surface area contributed by atoms with Gasteiger partial charge in [-0.25, -0.2) is 0 Å². The lowest BCUT2D eigenvalue weighted by atomic mass is 9.77. The number of hydrogen-bond donors (Lipinski definition) is 1. The summed E-state index contributed by atoms with van der Waals surface area (Å²) in [6.45, 7) is 15.0. The zero-order valence-electron chi connectivity index (χ0n) is 20.6. The van der Waals surface area contributed by atoms with Crippen LogP contribution in [0, 0.1) is 0 Å². The molecule has 1 fully saturated rings. The van der Waals surface area contributed by atoms with E-state index in [-0.39, 0.29) is 5.41 Å². The van der Waals surface area contributed by atoms with E-state index in [1.54, 1.807) is 0 Å².